The Labute approximate surface area is 181 Å². The van der Waals surface area contributed by atoms with Gasteiger partial charge < -0.3 is 24.3 Å². The summed E-state index contributed by atoms with van der Waals surface area (Å²) >= 11 is 27.9. The Bertz CT molecular complexity index is 647. The number of rotatable bonds is 4. The molecular formula is C12H9Cl5N2O9. The predicted molar refractivity (Wildman–Crippen MR) is 96.4 cm³/mol. The van der Waals surface area contributed by atoms with Crippen LogP contribution in [0.25, 0.3) is 0 Å². The van der Waals surface area contributed by atoms with Gasteiger partial charge in [-0.1, -0.05) is 58.0 Å². The number of phenols is 1. The van der Waals surface area contributed by atoms with Crippen LogP contribution in [0.5, 0.6) is 5.75 Å². The van der Waals surface area contributed by atoms with Gasteiger partial charge in [0.1, 0.15) is 22.3 Å². The Morgan fingerprint density at radius 3 is 1.43 bits per heavy atom. The van der Waals surface area contributed by atoms with Crippen LogP contribution in [0.3, 0.4) is 0 Å². The van der Waals surface area contributed by atoms with Crippen molar-refractivity contribution in [2.75, 3.05) is 13.2 Å². The molecule has 0 amide bonds. The summed E-state index contributed by atoms with van der Waals surface area (Å²) in [4.78, 5) is 28.9. The average Bonchev–Trinajstić information content (AvgIpc) is 3.20. The topological polar surface area (TPSA) is 143 Å². The fraction of sp³-hybridized carbons (Fsp3) is 0.500. The number of aromatic hydroxyl groups is 1. The molecule has 0 aromatic heterocycles. The van der Waals surface area contributed by atoms with E-state index < -0.39 is 34.6 Å². The minimum absolute atomic E-state index is 0.00904. The molecular weight excluding hydrogens is 493 g/mol. The molecule has 2 heterocycles. The first kappa shape index (κ1) is 23.1. The molecule has 1 aromatic rings. The SMILES string of the molecule is O=[N+]([O-])O[C@H]1CO[C@H]2[C@@H]1OC[C@H]2O[N+](=O)[O-].Oc1c(Cl)c(Cl)c(Cl)c(Cl)c1Cl. The summed E-state index contributed by atoms with van der Waals surface area (Å²) < 4.78 is 10.2. The lowest BCUT2D eigenvalue weighted by Crippen LogP contribution is -2.35. The number of halogens is 5. The summed E-state index contributed by atoms with van der Waals surface area (Å²) in [5, 5.41) is 27.4. The lowest BCUT2D eigenvalue weighted by atomic mass is 10.1. The van der Waals surface area contributed by atoms with Crippen LogP contribution in [0.1, 0.15) is 0 Å². The highest BCUT2D eigenvalue weighted by molar-refractivity contribution is 6.55. The van der Waals surface area contributed by atoms with Gasteiger partial charge in [-0.05, 0) is 0 Å². The molecule has 0 bridgehead atoms. The fourth-order valence-corrected chi connectivity index (χ4v) is 3.55. The van der Waals surface area contributed by atoms with E-state index in [1.807, 2.05) is 0 Å². The maximum atomic E-state index is 10.1. The van der Waals surface area contributed by atoms with Crippen LogP contribution >= 0.6 is 58.0 Å². The molecule has 0 radical (unpaired) electrons. The van der Waals surface area contributed by atoms with E-state index in [9.17, 15) is 25.3 Å². The van der Waals surface area contributed by atoms with E-state index in [2.05, 4.69) is 9.68 Å². The Balaban J connectivity index is 0.000000209. The molecule has 0 spiro atoms. The Kier molecular flexibility index (Phi) is 7.85. The minimum Gasteiger partial charge on any atom is -0.505 e. The van der Waals surface area contributed by atoms with Crippen molar-refractivity contribution >= 4 is 58.0 Å². The molecule has 2 aliphatic rings. The molecule has 0 aliphatic carbocycles. The Morgan fingerprint density at radius 2 is 1.11 bits per heavy atom. The normalized spacial score (nSPS) is 25.5. The van der Waals surface area contributed by atoms with E-state index >= 15 is 0 Å². The largest absolute Gasteiger partial charge is 0.505 e. The van der Waals surface area contributed by atoms with Crippen LogP contribution in [-0.4, -0.2) is 52.9 Å². The lowest BCUT2D eigenvalue weighted by molar-refractivity contribution is -0.769. The van der Waals surface area contributed by atoms with Crippen molar-refractivity contribution in [2.45, 2.75) is 24.4 Å². The van der Waals surface area contributed by atoms with Gasteiger partial charge in [-0.15, -0.1) is 20.2 Å². The van der Waals surface area contributed by atoms with Crippen LogP contribution in [0.15, 0.2) is 0 Å². The monoisotopic (exact) mass is 500 g/mol. The minimum atomic E-state index is -0.943. The van der Waals surface area contributed by atoms with Crippen molar-refractivity contribution in [1.29, 1.82) is 0 Å². The maximum Gasteiger partial charge on any atom is 0.294 e. The summed E-state index contributed by atoms with van der Waals surface area (Å²) in [5.74, 6) is -0.363. The van der Waals surface area contributed by atoms with Crippen LogP contribution < -0.4 is 0 Å². The summed E-state index contributed by atoms with van der Waals surface area (Å²) in [7, 11) is 0. The van der Waals surface area contributed by atoms with Gasteiger partial charge in [-0.3, -0.25) is 0 Å². The number of nitrogens with zero attached hydrogens (tertiary/aromatic N) is 2. The summed E-state index contributed by atoms with van der Waals surface area (Å²) in [6.07, 6.45) is -3.12. The summed E-state index contributed by atoms with van der Waals surface area (Å²) in [6, 6.07) is 0. The number of phenolic OH excluding ortho intramolecular Hbond substituents is 1. The van der Waals surface area contributed by atoms with Gasteiger partial charge >= 0.3 is 0 Å². The van der Waals surface area contributed by atoms with Crippen molar-refractivity contribution in [3.05, 3.63) is 45.3 Å². The van der Waals surface area contributed by atoms with Gasteiger partial charge in [0.25, 0.3) is 10.2 Å². The smallest absolute Gasteiger partial charge is 0.294 e. The third-order valence-corrected chi connectivity index (χ3v) is 5.85. The Morgan fingerprint density at radius 1 is 0.786 bits per heavy atom. The molecule has 2 saturated heterocycles. The molecule has 28 heavy (non-hydrogen) atoms. The molecule has 0 unspecified atom stereocenters. The summed E-state index contributed by atoms with van der Waals surface area (Å²) in [6.45, 7) is -0.0955. The number of fused-ring (bicyclic) bond motifs is 1. The quantitative estimate of drug-likeness (QED) is 0.283. The van der Waals surface area contributed by atoms with Gasteiger partial charge in [0.05, 0.1) is 28.3 Å². The second-order valence-electron chi connectivity index (χ2n) is 5.25. The van der Waals surface area contributed by atoms with E-state index in [1.165, 1.54) is 0 Å². The number of hydrogen-bond acceptors (Lipinski definition) is 9. The highest BCUT2D eigenvalue weighted by Gasteiger charge is 2.51. The first-order valence-corrected chi connectivity index (χ1v) is 8.99. The van der Waals surface area contributed by atoms with Crippen molar-refractivity contribution in [1.82, 2.24) is 0 Å². The molecule has 156 valence electrons. The number of benzene rings is 1. The predicted octanol–water partition coefficient (Wildman–Crippen LogP) is 3.60. The molecule has 2 aliphatic heterocycles. The highest BCUT2D eigenvalue weighted by Crippen LogP contribution is 2.47. The van der Waals surface area contributed by atoms with Gasteiger partial charge in [0.2, 0.25) is 0 Å². The van der Waals surface area contributed by atoms with Crippen molar-refractivity contribution in [3.8, 4) is 5.75 Å². The van der Waals surface area contributed by atoms with Crippen LogP contribution in [-0.2, 0) is 19.1 Å². The van der Waals surface area contributed by atoms with Crippen molar-refractivity contribution < 1.29 is 34.4 Å². The Hall–Kier alpha value is -1.21. The molecule has 0 saturated carbocycles. The van der Waals surface area contributed by atoms with Gasteiger partial charge in [0, 0.05) is 0 Å². The van der Waals surface area contributed by atoms with E-state index in [1.54, 1.807) is 0 Å². The molecule has 1 N–H and O–H groups in total. The van der Waals surface area contributed by atoms with E-state index in [0.29, 0.717) is 0 Å². The van der Waals surface area contributed by atoms with Crippen LogP contribution in [0, 0.1) is 20.2 Å². The first-order valence-electron chi connectivity index (χ1n) is 7.10. The molecule has 2 fully saturated rings. The van der Waals surface area contributed by atoms with E-state index in [-0.39, 0.29) is 44.1 Å². The second kappa shape index (κ2) is 9.53. The average molecular weight is 502 g/mol. The molecule has 11 nitrogen and oxygen atoms in total. The molecule has 4 atom stereocenters. The molecule has 3 rings (SSSR count). The van der Waals surface area contributed by atoms with Crippen molar-refractivity contribution in [2.24, 2.45) is 0 Å². The fourth-order valence-electron chi connectivity index (χ4n) is 2.42. The van der Waals surface area contributed by atoms with Gasteiger partial charge in [0.15, 0.2) is 18.0 Å². The van der Waals surface area contributed by atoms with E-state index in [0.717, 1.165) is 0 Å². The zero-order valence-corrected chi connectivity index (χ0v) is 17.0. The van der Waals surface area contributed by atoms with Gasteiger partial charge in [-0.25, -0.2) is 0 Å². The second-order valence-corrected chi connectivity index (χ2v) is 7.14. The van der Waals surface area contributed by atoms with Crippen LogP contribution in [0.2, 0.25) is 25.1 Å². The lowest BCUT2D eigenvalue weighted by Gasteiger charge is -2.13. The summed E-state index contributed by atoms with van der Waals surface area (Å²) in [5.41, 5.74) is 0. The van der Waals surface area contributed by atoms with Gasteiger partial charge in [-0.2, -0.15) is 0 Å². The van der Waals surface area contributed by atoms with Crippen LogP contribution in [0.4, 0.5) is 0 Å². The maximum absolute atomic E-state index is 10.1. The number of ether oxygens (including phenoxy) is 2. The first-order chi connectivity index (χ1) is 13.0. The third-order valence-electron chi connectivity index (χ3n) is 3.59. The standard InChI is InChI=1S/C6HCl5O.C6H8N2O8/c7-1-2(8)4(10)6(12)5(11)3(1)9;9-7(10)15-3-1-13-6-4(16-8(11)12)2-14-5(3)6/h12H;3-6H,1-2H2/t;3-,4+,5-,6-/m.1/s1. The third kappa shape index (κ3) is 5.03. The highest BCUT2D eigenvalue weighted by atomic mass is 35.5. The number of hydrogen-bond donors (Lipinski definition) is 1. The van der Waals surface area contributed by atoms with E-state index in [4.69, 9.17) is 67.5 Å². The molecule has 16 heteroatoms. The molecule has 1 aromatic carbocycles. The zero-order chi connectivity index (χ0) is 21.2. The van der Waals surface area contributed by atoms with Crippen molar-refractivity contribution in [3.63, 3.8) is 0 Å². The zero-order valence-electron chi connectivity index (χ0n) is 13.2.